The van der Waals surface area contributed by atoms with Crippen molar-refractivity contribution in [3.63, 3.8) is 0 Å². The first kappa shape index (κ1) is 23.8. The molecule has 0 aromatic rings. The van der Waals surface area contributed by atoms with Crippen molar-refractivity contribution in [2.24, 2.45) is 0 Å². The van der Waals surface area contributed by atoms with Gasteiger partial charge in [-0.3, -0.25) is 0 Å². The van der Waals surface area contributed by atoms with E-state index in [0.29, 0.717) is 0 Å². The topological polar surface area (TPSA) is 126 Å². The van der Waals surface area contributed by atoms with Gasteiger partial charge in [0.1, 0.15) is 15.8 Å². The summed E-state index contributed by atoms with van der Waals surface area (Å²) < 4.78 is 37.1. The predicted molar refractivity (Wildman–Crippen MR) is 23.2 cm³/mol. The molecule has 0 radical (unpaired) electrons. The predicted octanol–water partition coefficient (Wildman–Crippen LogP) is -2.81. The van der Waals surface area contributed by atoms with Gasteiger partial charge in [0.25, 0.3) is 0 Å². The minimum absolute atomic E-state index is 0. The van der Waals surface area contributed by atoms with Gasteiger partial charge in [-0.25, -0.2) is 8.39 Å². The van der Waals surface area contributed by atoms with Crippen LogP contribution in [-0.2, 0) is 26.2 Å². The van der Waals surface area contributed by atoms with Crippen molar-refractivity contribution >= 4 is 61.3 Å². The molecule has 70 valence electrons. The van der Waals surface area contributed by atoms with E-state index in [1.165, 1.54) is 0 Å². The first-order valence-corrected chi connectivity index (χ1v) is 4.30. The fourth-order valence-electron chi connectivity index (χ4n) is 0. The normalized spacial score (nSPS) is 9.83. The molecule has 0 saturated heterocycles. The minimum Gasteiger partial charge on any atom is -0.786 e. The summed E-state index contributed by atoms with van der Waals surface area (Å²) in [7, 11) is -11.3. The molecule has 12 heteroatoms. The van der Waals surface area contributed by atoms with E-state index in [2.05, 4.69) is 0 Å². The van der Waals surface area contributed by atoms with Crippen LogP contribution in [0.4, 0.5) is 8.39 Å². The molecule has 0 heterocycles. The minimum atomic E-state index is -5.64. The second-order valence-electron chi connectivity index (χ2n) is 0.861. The van der Waals surface area contributed by atoms with Gasteiger partial charge < -0.3 is 28.7 Å². The number of halogens is 2. The van der Waals surface area contributed by atoms with Crippen LogP contribution in [0.1, 0.15) is 0 Å². The van der Waals surface area contributed by atoms with E-state index < -0.39 is 15.8 Å². The van der Waals surface area contributed by atoms with Gasteiger partial charge in [0, 0.05) is 0 Å². The molecule has 0 spiro atoms. The van der Waals surface area contributed by atoms with E-state index in [1.54, 1.807) is 0 Å². The molecule has 0 aliphatic carbocycles. The molecule has 0 N–H and O–H groups in total. The molecule has 0 aliphatic rings. The summed E-state index contributed by atoms with van der Waals surface area (Å²) >= 11 is 0. The zero-order valence-corrected chi connectivity index (χ0v) is 11.5. The summed E-state index contributed by atoms with van der Waals surface area (Å²) in [6, 6.07) is 0. The van der Waals surface area contributed by atoms with Gasteiger partial charge in [0.2, 0.25) is 0 Å². The summed E-state index contributed by atoms with van der Waals surface area (Å²) in [5, 5.41) is 0. The van der Waals surface area contributed by atoms with Crippen molar-refractivity contribution in [2.75, 3.05) is 0 Å². The second-order valence-corrected chi connectivity index (χ2v) is 2.58. The molecule has 0 aromatic heterocycles. The van der Waals surface area contributed by atoms with Crippen LogP contribution in [0.5, 0.6) is 0 Å². The Bertz CT molecular complexity index is 136. The van der Waals surface area contributed by atoms with E-state index in [-0.39, 0.29) is 62.6 Å². The molecule has 0 aliphatic heterocycles. The van der Waals surface area contributed by atoms with Gasteiger partial charge in [-0.1, -0.05) is 0 Å². The standard InChI is InChI=1S/2FH2O3P.Fe.Sr/c2*1-5(2,3)4;;/h2*(H2,2,3,4);;/q;;2*+2/p-4. The molecule has 6 nitrogen and oxygen atoms in total. The molecule has 0 fully saturated rings. The number of hydrogen-bond donors (Lipinski definition) is 0. The van der Waals surface area contributed by atoms with Gasteiger partial charge >= 0.3 is 62.6 Å². The molecule has 0 amide bonds. The van der Waals surface area contributed by atoms with E-state index >= 15 is 0 Å². The third-order valence-corrected chi connectivity index (χ3v) is 0. The molecule has 0 unspecified atom stereocenters. The summed E-state index contributed by atoms with van der Waals surface area (Å²) in [6.07, 6.45) is 0. The zero-order valence-electron chi connectivity index (χ0n) is 5.16. The maximum Gasteiger partial charge on any atom is 2.00 e. The van der Waals surface area contributed by atoms with Gasteiger partial charge in [-0.15, -0.1) is 0 Å². The van der Waals surface area contributed by atoms with Crippen molar-refractivity contribution in [1.82, 2.24) is 0 Å². The van der Waals surface area contributed by atoms with E-state index in [9.17, 15) is 8.39 Å². The average molecular weight is 339 g/mol. The Labute approximate surface area is 114 Å². The summed E-state index contributed by atoms with van der Waals surface area (Å²) in [4.78, 5) is 33.8. The molecule has 12 heavy (non-hydrogen) atoms. The molecule has 0 rings (SSSR count). The van der Waals surface area contributed by atoms with Crippen LogP contribution in [0.3, 0.4) is 0 Å². The zero-order chi connectivity index (χ0) is 9.00. The van der Waals surface area contributed by atoms with Crippen molar-refractivity contribution < 1.29 is 54.2 Å². The first-order valence-electron chi connectivity index (χ1n) is 1.43. The molecule has 0 bridgehead atoms. The van der Waals surface area contributed by atoms with Crippen LogP contribution >= 0.6 is 15.8 Å². The van der Waals surface area contributed by atoms with Crippen molar-refractivity contribution in [2.45, 2.75) is 0 Å². The Balaban J connectivity index is -0.0000000457. The smallest absolute Gasteiger partial charge is 0.786 e. The fourth-order valence-corrected chi connectivity index (χ4v) is 0. The quantitative estimate of drug-likeness (QED) is 0.346. The third kappa shape index (κ3) is 325. The van der Waals surface area contributed by atoms with Gasteiger partial charge in [0.05, 0.1) is 0 Å². The Morgan fingerprint density at radius 2 is 0.833 bits per heavy atom. The molecule has 0 atom stereocenters. The SMILES string of the molecule is O=P([O-])([O-])F.O=P([O-])([O-])F.[Fe+2].[Sr+2]. The maximum absolute atomic E-state index is 10.1. The Hall–Kier alpha value is 2.16. The van der Waals surface area contributed by atoms with Crippen LogP contribution in [-0.4, -0.2) is 45.5 Å². The summed E-state index contributed by atoms with van der Waals surface area (Å²) in [5.41, 5.74) is 0. The monoisotopic (exact) mass is 340 g/mol. The Morgan fingerprint density at radius 1 is 0.833 bits per heavy atom. The fraction of sp³-hybridized carbons (Fsp3) is 0. The van der Waals surface area contributed by atoms with Crippen LogP contribution in [0, 0.1) is 0 Å². The third-order valence-electron chi connectivity index (χ3n) is 0. The van der Waals surface area contributed by atoms with Gasteiger partial charge in [-0.2, -0.15) is 0 Å². The molecular weight excluding hydrogens is 339 g/mol. The van der Waals surface area contributed by atoms with Crippen molar-refractivity contribution in [3.05, 3.63) is 0 Å². The van der Waals surface area contributed by atoms with Crippen LogP contribution in [0.2, 0.25) is 0 Å². The van der Waals surface area contributed by atoms with Crippen LogP contribution < -0.4 is 19.6 Å². The van der Waals surface area contributed by atoms with E-state index in [0.717, 1.165) is 0 Å². The molecular formula is F2FeO6P2Sr. The van der Waals surface area contributed by atoms with Crippen molar-refractivity contribution in [1.29, 1.82) is 0 Å². The molecule has 0 aromatic carbocycles. The van der Waals surface area contributed by atoms with E-state index in [4.69, 9.17) is 28.7 Å². The maximum atomic E-state index is 10.1. The first-order chi connectivity index (χ1) is 4.00. The second kappa shape index (κ2) is 9.71. The Morgan fingerprint density at radius 3 is 0.833 bits per heavy atom. The van der Waals surface area contributed by atoms with Crippen molar-refractivity contribution in [3.8, 4) is 0 Å². The molecule has 0 saturated carbocycles. The number of hydrogen-bond acceptors (Lipinski definition) is 6. The average Bonchev–Trinajstić information content (AvgIpc) is 1.12. The van der Waals surface area contributed by atoms with E-state index in [1.807, 2.05) is 0 Å². The Kier molecular flexibility index (Phi) is 19.2. The largest absolute Gasteiger partial charge is 2.00 e. The van der Waals surface area contributed by atoms with Gasteiger partial charge in [-0.05, 0) is 0 Å². The van der Waals surface area contributed by atoms with Gasteiger partial charge in [0.15, 0.2) is 0 Å². The summed E-state index contributed by atoms with van der Waals surface area (Å²) in [6.45, 7) is 0. The summed E-state index contributed by atoms with van der Waals surface area (Å²) in [5.74, 6) is 0. The van der Waals surface area contributed by atoms with Crippen LogP contribution in [0.15, 0.2) is 0 Å². The number of rotatable bonds is 0. The van der Waals surface area contributed by atoms with Crippen LogP contribution in [0.25, 0.3) is 0 Å².